The summed E-state index contributed by atoms with van der Waals surface area (Å²) in [6.07, 6.45) is 2.38. The molecule has 0 spiro atoms. The van der Waals surface area contributed by atoms with Gasteiger partial charge in [0.1, 0.15) is 12.4 Å². The molecular formula is C17H27N3O3S. The van der Waals surface area contributed by atoms with Crippen LogP contribution < -0.4 is 21.5 Å². The third-order valence-electron chi connectivity index (χ3n) is 3.34. The largest absolute Gasteiger partial charge is 0.492 e. The Kier molecular flexibility index (Phi) is 10.1. The van der Waals surface area contributed by atoms with Crippen LogP contribution in [-0.4, -0.2) is 36.8 Å². The Labute approximate surface area is 147 Å². The van der Waals surface area contributed by atoms with Crippen LogP contribution in [0.15, 0.2) is 24.3 Å². The summed E-state index contributed by atoms with van der Waals surface area (Å²) in [6.45, 7) is 2.96. The number of nitrogens with one attached hydrogen (secondary N) is 1. The maximum Gasteiger partial charge on any atom is 0.237 e. The van der Waals surface area contributed by atoms with Crippen LogP contribution in [0.2, 0.25) is 0 Å². The van der Waals surface area contributed by atoms with Crippen molar-refractivity contribution in [1.29, 1.82) is 0 Å². The van der Waals surface area contributed by atoms with Gasteiger partial charge in [0.2, 0.25) is 5.91 Å². The highest BCUT2D eigenvalue weighted by molar-refractivity contribution is 8.12. The van der Waals surface area contributed by atoms with Crippen molar-refractivity contribution in [3.63, 3.8) is 0 Å². The minimum absolute atomic E-state index is 0.104. The molecule has 0 bridgehead atoms. The van der Waals surface area contributed by atoms with Crippen molar-refractivity contribution in [1.82, 2.24) is 5.32 Å². The van der Waals surface area contributed by atoms with Crippen LogP contribution in [0.4, 0.5) is 0 Å². The molecule has 0 fully saturated rings. The first-order valence-corrected chi connectivity index (χ1v) is 9.10. The van der Waals surface area contributed by atoms with Crippen molar-refractivity contribution in [2.45, 2.75) is 38.0 Å². The Hall–Kier alpha value is -1.57. The molecule has 6 nitrogen and oxygen atoms in total. The van der Waals surface area contributed by atoms with Crippen LogP contribution in [0.5, 0.6) is 5.75 Å². The number of rotatable bonds is 11. The van der Waals surface area contributed by atoms with Gasteiger partial charge in [0.05, 0.1) is 12.6 Å². The molecule has 0 aliphatic rings. The molecule has 1 aromatic rings. The van der Waals surface area contributed by atoms with Crippen LogP contribution >= 0.6 is 11.8 Å². The van der Waals surface area contributed by atoms with Gasteiger partial charge in [-0.15, -0.1) is 0 Å². The minimum atomic E-state index is -0.491. The predicted octanol–water partition coefficient (Wildman–Crippen LogP) is 1.42. The Morgan fingerprint density at radius 1 is 1.25 bits per heavy atom. The van der Waals surface area contributed by atoms with Crippen LogP contribution in [0.25, 0.3) is 0 Å². The second-order valence-electron chi connectivity index (χ2n) is 5.45. The van der Waals surface area contributed by atoms with Crippen LogP contribution in [-0.2, 0) is 15.3 Å². The lowest BCUT2D eigenvalue weighted by molar-refractivity contribution is -0.122. The van der Waals surface area contributed by atoms with Gasteiger partial charge in [0, 0.05) is 12.7 Å². The summed E-state index contributed by atoms with van der Waals surface area (Å²) in [6, 6.07) is 7.08. The van der Waals surface area contributed by atoms with Crippen LogP contribution in [0, 0.1) is 0 Å². The fourth-order valence-corrected chi connectivity index (χ4v) is 2.54. The van der Waals surface area contributed by atoms with Crippen molar-refractivity contribution in [2.24, 2.45) is 11.5 Å². The average molecular weight is 353 g/mol. The minimum Gasteiger partial charge on any atom is -0.492 e. The summed E-state index contributed by atoms with van der Waals surface area (Å²) < 4.78 is 5.57. The summed E-state index contributed by atoms with van der Waals surface area (Å²) >= 11 is 1.28. The van der Waals surface area contributed by atoms with Crippen molar-refractivity contribution in [3.05, 3.63) is 29.8 Å². The first-order valence-electron chi connectivity index (χ1n) is 8.11. The molecule has 0 saturated carbocycles. The van der Waals surface area contributed by atoms with Gasteiger partial charge < -0.3 is 21.5 Å². The molecule has 5 N–H and O–H groups in total. The van der Waals surface area contributed by atoms with E-state index in [1.807, 2.05) is 24.3 Å². The highest BCUT2D eigenvalue weighted by atomic mass is 32.2. The van der Waals surface area contributed by atoms with E-state index in [0.717, 1.165) is 24.2 Å². The molecule has 7 heteroatoms. The molecule has 1 amide bonds. The Morgan fingerprint density at radius 2 is 1.96 bits per heavy atom. The number of unbranched alkanes of at least 4 members (excludes halogenated alkanes) is 1. The summed E-state index contributed by atoms with van der Waals surface area (Å²) in [5.41, 5.74) is 12.3. The quantitative estimate of drug-likeness (QED) is 0.519. The first-order chi connectivity index (χ1) is 11.5. The zero-order valence-corrected chi connectivity index (χ0v) is 14.9. The Morgan fingerprint density at radius 3 is 2.58 bits per heavy atom. The zero-order chi connectivity index (χ0) is 17.8. The predicted molar refractivity (Wildman–Crippen MR) is 97.8 cm³/mol. The number of hydrogen-bond acceptors (Lipinski definition) is 6. The van der Waals surface area contributed by atoms with Gasteiger partial charge in [0.15, 0.2) is 5.12 Å². The molecule has 0 aliphatic heterocycles. The average Bonchev–Trinajstić information content (AvgIpc) is 2.57. The van der Waals surface area contributed by atoms with Crippen molar-refractivity contribution >= 4 is 22.8 Å². The summed E-state index contributed by atoms with van der Waals surface area (Å²) in [5, 5.41) is 2.87. The molecule has 1 atom stereocenters. The van der Waals surface area contributed by atoms with E-state index in [1.165, 1.54) is 11.8 Å². The zero-order valence-electron chi connectivity index (χ0n) is 14.1. The first kappa shape index (κ1) is 20.5. The van der Waals surface area contributed by atoms with Gasteiger partial charge in [-0.1, -0.05) is 30.3 Å². The molecule has 0 radical (unpaired) electrons. The van der Waals surface area contributed by atoms with Gasteiger partial charge in [-0.25, -0.2) is 0 Å². The number of carbonyl (C=O) groups excluding carboxylic acids is 2. The van der Waals surface area contributed by atoms with Gasteiger partial charge in [0.25, 0.3) is 0 Å². The lowest BCUT2D eigenvalue weighted by Crippen LogP contribution is -2.42. The second kappa shape index (κ2) is 11.9. The van der Waals surface area contributed by atoms with E-state index in [9.17, 15) is 9.59 Å². The number of nitrogens with two attached hydrogens (primary N) is 2. The molecule has 134 valence electrons. The number of hydrogen-bond donors (Lipinski definition) is 3. The smallest absolute Gasteiger partial charge is 0.237 e. The SMILES string of the molecule is CC(=O)SCc1ccc(OCCNC(=O)[C@H](N)CCCCN)cc1. The third kappa shape index (κ3) is 8.90. The fraction of sp³-hybridized carbons (Fsp3) is 0.529. The lowest BCUT2D eigenvalue weighted by Gasteiger charge is -2.12. The van der Waals surface area contributed by atoms with Gasteiger partial charge in [-0.2, -0.15) is 0 Å². The van der Waals surface area contributed by atoms with E-state index < -0.39 is 6.04 Å². The number of thioether (sulfide) groups is 1. The molecule has 1 rings (SSSR count). The molecular weight excluding hydrogens is 326 g/mol. The van der Waals surface area contributed by atoms with E-state index in [2.05, 4.69) is 5.32 Å². The second-order valence-corrected chi connectivity index (χ2v) is 6.61. The molecule has 24 heavy (non-hydrogen) atoms. The van der Waals surface area contributed by atoms with Gasteiger partial charge in [-0.05, 0) is 37.1 Å². The van der Waals surface area contributed by atoms with Gasteiger partial charge >= 0.3 is 0 Å². The Bertz CT molecular complexity index is 508. The molecule has 0 saturated heterocycles. The van der Waals surface area contributed by atoms with E-state index in [1.54, 1.807) is 6.92 Å². The van der Waals surface area contributed by atoms with E-state index in [0.29, 0.717) is 31.9 Å². The maximum absolute atomic E-state index is 11.8. The molecule has 0 aliphatic carbocycles. The molecule has 0 aromatic heterocycles. The lowest BCUT2D eigenvalue weighted by atomic mass is 10.1. The van der Waals surface area contributed by atoms with Crippen molar-refractivity contribution < 1.29 is 14.3 Å². The molecule has 0 heterocycles. The third-order valence-corrected chi connectivity index (χ3v) is 4.23. The maximum atomic E-state index is 11.8. The summed E-state index contributed by atoms with van der Waals surface area (Å²) in [7, 11) is 0. The molecule has 1 aromatic carbocycles. The van der Waals surface area contributed by atoms with Gasteiger partial charge in [-0.3, -0.25) is 9.59 Å². The number of amides is 1. The van der Waals surface area contributed by atoms with E-state index in [-0.39, 0.29) is 11.0 Å². The monoisotopic (exact) mass is 353 g/mol. The topological polar surface area (TPSA) is 107 Å². The standard InChI is InChI=1S/C17H27N3O3S/c1-13(21)24-12-14-5-7-15(8-6-14)23-11-10-20-17(22)16(19)4-2-3-9-18/h5-8,16H,2-4,9-12,18-19H2,1H3,(H,20,22)/t16-/m1/s1. The number of carbonyl (C=O) groups is 2. The summed E-state index contributed by atoms with van der Waals surface area (Å²) in [5.74, 6) is 1.23. The number of ether oxygens (including phenoxy) is 1. The number of benzene rings is 1. The molecule has 0 unspecified atom stereocenters. The summed E-state index contributed by atoms with van der Waals surface area (Å²) in [4.78, 5) is 22.7. The van der Waals surface area contributed by atoms with E-state index >= 15 is 0 Å². The van der Waals surface area contributed by atoms with Crippen LogP contribution in [0.3, 0.4) is 0 Å². The highest BCUT2D eigenvalue weighted by Crippen LogP contribution is 2.17. The highest BCUT2D eigenvalue weighted by Gasteiger charge is 2.11. The Balaban J connectivity index is 2.20. The fourth-order valence-electron chi connectivity index (χ4n) is 1.98. The van der Waals surface area contributed by atoms with Crippen molar-refractivity contribution in [3.8, 4) is 5.75 Å². The normalized spacial score (nSPS) is 11.8. The van der Waals surface area contributed by atoms with Crippen molar-refractivity contribution in [2.75, 3.05) is 19.7 Å². The van der Waals surface area contributed by atoms with Crippen LogP contribution in [0.1, 0.15) is 31.7 Å². The van der Waals surface area contributed by atoms with E-state index in [4.69, 9.17) is 16.2 Å².